The summed E-state index contributed by atoms with van der Waals surface area (Å²) >= 11 is 1.26. The van der Waals surface area contributed by atoms with Gasteiger partial charge in [-0.25, -0.2) is 4.98 Å². The third-order valence-electron chi connectivity index (χ3n) is 2.93. The van der Waals surface area contributed by atoms with Crippen molar-refractivity contribution in [2.75, 3.05) is 20.0 Å². The van der Waals surface area contributed by atoms with Crippen LogP contribution in [-0.2, 0) is 0 Å². The van der Waals surface area contributed by atoms with Crippen LogP contribution in [-0.4, -0.2) is 29.9 Å². The van der Waals surface area contributed by atoms with Crippen LogP contribution in [0.25, 0.3) is 11.3 Å². The van der Waals surface area contributed by atoms with Gasteiger partial charge in [-0.2, -0.15) is 10.5 Å². The molecule has 0 radical (unpaired) electrons. The van der Waals surface area contributed by atoms with Crippen molar-refractivity contribution in [1.29, 1.82) is 10.5 Å². The molecule has 2 aromatic rings. The molecular formula is C15H12N4O3S. The first kappa shape index (κ1) is 16.4. The maximum Gasteiger partial charge on any atom is 0.270 e. The minimum atomic E-state index is -0.503. The van der Waals surface area contributed by atoms with Crippen LogP contribution in [0.5, 0.6) is 11.5 Å². The summed E-state index contributed by atoms with van der Waals surface area (Å²) in [6, 6.07) is 8.62. The first-order chi connectivity index (χ1) is 11.1. The molecule has 0 spiro atoms. The molecule has 1 aromatic heterocycles. The van der Waals surface area contributed by atoms with E-state index in [2.05, 4.69) is 9.97 Å². The molecule has 7 nitrogen and oxygen atoms in total. The van der Waals surface area contributed by atoms with E-state index < -0.39 is 5.56 Å². The van der Waals surface area contributed by atoms with Gasteiger partial charge in [0.2, 0.25) is 0 Å². The van der Waals surface area contributed by atoms with E-state index in [4.69, 9.17) is 14.7 Å². The van der Waals surface area contributed by atoms with E-state index in [-0.39, 0.29) is 17.9 Å². The summed E-state index contributed by atoms with van der Waals surface area (Å²) in [5.74, 6) is 0.778. The number of nitrogens with one attached hydrogen (secondary N) is 1. The molecule has 0 saturated carbocycles. The number of nitriles is 2. The van der Waals surface area contributed by atoms with Gasteiger partial charge < -0.3 is 14.5 Å². The SMILES string of the molecule is COc1ccc(-c2nc(SC)[nH]c(=O)c2C#N)cc1OCC#N. The van der Waals surface area contributed by atoms with Gasteiger partial charge in [0, 0.05) is 5.56 Å². The Hall–Kier alpha value is -2.97. The van der Waals surface area contributed by atoms with E-state index in [1.54, 1.807) is 24.5 Å². The number of H-pyrrole nitrogens is 1. The average Bonchev–Trinajstić information content (AvgIpc) is 2.58. The zero-order chi connectivity index (χ0) is 16.8. The highest BCUT2D eigenvalue weighted by atomic mass is 32.2. The number of aromatic amines is 1. The van der Waals surface area contributed by atoms with Crippen LogP contribution < -0.4 is 15.0 Å². The lowest BCUT2D eigenvalue weighted by Crippen LogP contribution is -2.14. The van der Waals surface area contributed by atoms with E-state index in [9.17, 15) is 10.1 Å². The number of aromatic nitrogens is 2. The molecule has 0 bridgehead atoms. The van der Waals surface area contributed by atoms with Gasteiger partial charge in [0.1, 0.15) is 17.7 Å². The maximum absolute atomic E-state index is 12.0. The predicted octanol–water partition coefficient (Wildman–Crippen LogP) is 1.94. The fourth-order valence-corrected chi connectivity index (χ4v) is 2.29. The number of benzene rings is 1. The predicted molar refractivity (Wildman–Crippen MR) is 84.4 cm³/mol. The summed E-state index contributed by atoms with van der Waals surface area (Å²) in [6.07, 6.45) is 1.77. The van der Waals surface area contributed by atoms with Gasteiger partial charge >= 0.3 is 0 Å². The standard InChI is InChI=1S/C15H12N4O3S/c1-21-11-4-3-9(7-12(11)22-6-5-16)13-10(8-17)14(20)19-15(18-13)23-2/h3-4,7H,6H2,1-2H3,(H,18,19,20). The number of thioether (sulfide) groups is 1. The second kappa shape index (κ2) is 7.34. The van der Waals surface area contributed by atoms with Crippen LogP contribution in [0.4, 0.5) is 0 Å². The van der Waals surface area contributed by atoms with Gasteiger partial charge in [0.05, 0.1) is 12.8 Å². The molecule has 0 aliphatic carbocycles. The van der Waals surface area contributed by atoms with Crippen molar-refractivity contribution in [3.05, 3.63) is 34.1 Å². The minimum absolute atomic E-state index is 0.0841. The van der Waals surface area contributed by atoms with Crippen molar-refractivity contribution in [2.24, 2.45) is 0 Å². The first-order valence-electron chi connectivity index (χ1n) is 6.41. The molecule has 2 rings (SSSR count). The fraction of sp³-hybridized carbons (Fsp3) is 0.200. The molecule has 0 fully saturated rings. The van der Waals surface area contributed by atoms with Crippen LogP contribution in [0.3, 0.4) is 0 Å². The van der Waals surface area contributed by atoms with Gasteiger partial charge in [-0.3, -0.25) is 4.79 Å². The Balaban J connectivity index is 2.63. The molecule has 0 aliphatic rings. The largest absolute Gasteiger partial charge is 0.493 e. The summed E-state index contributed by atoms with van der Waals surface area (Å²) in [5.41, 5.74) is 0.193. The van der Waals surface area contributed by atoms with Crippen LogP contribution in [0, 0.1) is 22.7 Å². The lowest BCUT2D eigenvalue weighted by Gasteiger charge is -2.11. The Morgan fingerprint density at radius 3 is 2.74 bits per heavy atom. The maximum atomic E-state index is 12.0. The molecule has 1 aromatic carbocycles. The van der Waals surface area contributed by atoms with E-state index in [0.717, 1.165) is 0 Å². The highest BCUT2D eigenvalue weighted by molar-refractivity contribution is 7.98. The van der Waals surface area contributed by atoms with E-state index in [1.807, 2.05) is 12.1 Å². The number of hydrogen-bond acceptors (Lipinski definition) is 7. The highest BCUT2D eigenvalue weighted by Crippen LogP contribution is 2.32. The van der Waals surface area contributed by atoms with Gasteiger partial charge in [-0.1, -0.05) is 11.8 Å². The second-order valence-corrected chi connectivity index (χ2v) is 5.02. The van der Waals surface area contributed by atoms with E-state index >= 15 is 0 Å². The first-order valence-corrected chi connectivity index (χ1v) is 7.63. The Labute approximate surface area is 136 Å². The Kier molecular flexibility index (Phi) is 5.23. The molecule has 0 unspecified atom stereocenters. The van der Waals surface area contributed by atoms with Crippen LogP contribution >= 0.6 is 11.8 Å². The molecule has 1 N–H and O–H groups in total. The molecular weight excluding hydrogens is 316 g/mol. The van der Waals surface area contributed by atoms with E-state index in [1.165, 1.54) is 18.9 Å². The molecule has 0 amide bonds. The van der Waals surface area contributed by atoms with Gasteiger partial charge in [-0.15, -0.1) is 0 Å². The molecule has 8 heteroatoms. The van der Waals surface area contributed by atoms with Crippen molar-refractivity contribution in [1.82, 2.24) is 9.97 Å². The number of nitrogens with zero attached hydrogens (tertiary/aromatic N) is 3. The Morgan fingerprint density at radius 1 is 1.35 bits per heavy atom. The third kappa shape index (κ3) is 3.44. The van der Waals surface area contributed by atoms with Gasteiger partial charge in [0.25, 0.3) is 5.56 Å². The van der Waals surface area contributed by atoms with Crippen LogP contribution in [0.15, 0.2) is 28.2 Å². The Morgan fingerprint density at radius 2 is 2.13 bits per heavy atom. The van der Waals surface area contributed by atoms with Gasteiger partial charge in [0.15, 0.2) is 23.3 Å². The molecule has 0 atom stereocenters. The summed E-state index contributed by atoms with van der Waals surface area (Å²) in [6.45, 7) is -0.149. The normalized spacial score (nSPS) is 9.74. The van der Waals surface area contributed by atoms with E-state index in [0.29, 0.717) is 22.2 Å². The van der Waals surface area contributed by atoms with Crippen molar-refractivity contribution < 1.29 is 9.47 Å². The zero-order valence-corrected chi connectivity index (χ0v) is 13.2. The topological polar surface area (TPSA) is 112 Å². The minimum Gasteiger partial charge on any atom is -0.493 e. The Bertz CT molecular complexity index is 864. The zero-order valence-electron chi connectivity index (χ0n) is 12.4. The average molecular weight is 328 g/mol. The van der Waals surface area contributed by atoms with Crippen molar-refractivity contribution in [2.45, 2.75) is 5.16 Å². The highest BCUT2D eigenvalue weighted by Gasteiger charge is 2.15. The molecule has 1 heterocycles. The third-order valence-corrected chi connectivity index (χ3v) is 3.51. The number of hydrogen-bond donors (Lipinski definition) is 1. The quantitative estimate of drug-likeness (QED) is 0.659. The lowest BCUT2D eigenvalue weighted by atomic mass is 10.1. The summed E-state index contributed by atoms with van der Waals surface area (Å²) in [5, 5.41) is 18.3. The molecule has 116 valence electrons. The van der Waals surface area contributed by atoms with Crippen molar-refractivity contribution >= 4 is 11.8 Å². The van der Waals surface area contributed by atoms with Crippen LogP contribution in [0.2, 0.25) is 0 Å². The second-order valence-electron chi connectivity index (χ2n) is 4.22. The monoisotopic (exact) mass is 328 g/mol. The lowest BCUT2D eigenvalue weighted by molar-refractivity contribution is 0.330. The number of methoxy groups -OCH3 is 1. The van der Waals surface area contributed by atoms with Crippen molar-refractivity contribution in [3.8, 4) is 34.9 Å². The summed E-state index contributed by atoms with van der Waals surface area (Å²) in [7, 11) is 1.48. The molecule has 23 heavy (non-hydrogen) atoms. The smallest absolute Gasteiger partial charge is 0.270 e. The molecule has 0 saturated heterocycles. The molecule has 0 aliphatic heterocycles. The fourth-order valence-electron chi connectivity index (χ4n) is 1.91. The van der Waals surface area contributed by atoms with Crippen LogP contribution in [0.1, 0.15) is 5.56 Å². The number of rotatable bonds is 5. The summed E-state index contributed by atoms with van der Waals surface area (Å²) in [4.78, 5) is 18.8. The van der Waals surface area contributed by atoms with Gasteiger partial charge in [-0.05, 0) is 24.5 Å². The van der Waals surface area contributed by atoms with Crippen molar-refractivity contribution in [3.63, 3.8) is 0 Å². The summed E-state index contributed by atoms with van der Waals surface area (Å²) < 4.78 is 10.5. The number of ether oxygens (including phenoxy) is 2.